The van der Waals surface area contributed by atoms with Gasteiger partial charge in [0, 0.05) is 54.7 Å². The third kappa shape index (κ3) is 5.55. The molecule has 0 bridgehead atoms. The minimum absolute atomic E-state index is 0.574. The summed E-state index contributed by atoms with van der Waals surface area (Å²) in [6, 6.07) is 74.3. The highest BCUT2D eigenvalue weighted by atomic mass is 16.3. The molecular formula is C57H35N5O. The number of para-hydroxylation sites is 4. The van der Waals surface area contributed by atoms with Crippen molar-refractivity contribution in [2.45, 2.75) is 0 Å². The number of benzene rings is 9. The standard InChI is InChI=1S/C57H35N5O/c1-4-17-36(18-5-1)38-21-16-22-39(33-38)56-58-55(37-19-6-2-7-20-37)59-57(60-56)44-31-32-49(54-53(44)43-27-12-15-30-52(43)63-54)62-48-29-14-11-26-42(48)46-34-50-45(35-51(46)62)41-25-10-13-28-47(41)61(50)40-23-8-3-9-24-40/h1-35H. The highest BCUT2D eigenvalue weighted by Crippen LogP contribution is 2.44. The molecule has 0 aliphatic carbocycles. The van der Waals surface area contributed by atoms with Crippen LogP contribution in [0.15, 0.2) is 217 Å². The van der Waals surface area contributed by atoms with Gasteiger partial charge in [0.05, 0.1) is 27.8 Å². The van der Waals surface area contributed by atoms with Crippen LogP contribution in [0.3, 0.4) is 0 Å². The van der Waals surface area contributed by atoms with E-state index in [9.17, 15) is 0 Å². The van der Waals surface area contributed by atoms with Gasteiger partial charge in [0.2, 0.25) is 0 Å². The molecule has 0 aliphatic heterocycles. The van der Waals surface area contributed by atoms with Crippen LogP contribution < -0.4 is 0 Å². The van der Waals surface area contributed by atoms with E-state index in [0.717, 1.165) is 77.7 Å². The first-order valence-corrected chi connectivity index (χ1v) is 21.2. The Morgan fingerprint density at radius 2 is 0.857 bits per heavy atom. The monoisotopic (exact) mass is 805 g/mol. The Labute approximate surface area is 361 Å². The number of rotatable bonds is 6. The van der Waals surface area contributed by atoms with Crippen LogP contribution in [-0.4, -0.2) is 24.1 Å². The second-order valence-corrected chi connectivity index (χ2v) is 16.0. The van der Waals surface area contributed by atoms with Crippen molar-refractivity contribution < 1.29 is 4.42 Å². The van der Waals surface area contributed by atoms with E-state index < -0.39 is 0 Å². The van der Waals surface area contributed by atoms with Crippen molar-refractivity contribution in [2.24, 2.45) is 0 Å². The second-order valence-electron chi connectivity index (χ2n) is 16.0. The molecule has 13 aromatic rings. The van der Waals surface area contributed by atoms with Crippen LogP contribution in [0.4, 0.5) is 0 Å². The summed E-state index contributed by atoms with van der Waals surface area (Å²) in [5.74, 6) is 1.78. The van der Waals surface area contributed by atoms with E-state index in [-0.39, 0.29) is 0 Å². The minimum atomic E-state index is 0.574. The molecule has 63 heavy (non-hydrogen) atoms. The molecule has 0 amide bonds. The average Bonchev–Trinajstić information content (AvgIpc) is 4.02. The van der Waals surface area contributed by atoms with E-state index >= 15 is 0 Å². The molecule has 0 radical (unpaired) electrons. The molecule has 9 aromatic carbocycles. The van der Waals surface area contributed by atoms with Gasteiger partial charge in [-0.15, -0.1) is 0 Å². The molecule has 6 nitrogen and oxygen atoms in total. The molecule has 0 fully saturated rings. The predicted molar refractivity (Wildman–Crippen MR) is 258 cm³/mol. The summed E-state index contributed by atoms with van der Waals surface area (Å²) in [6.45, 7) is 0. The number of hydrogen-bond acceptors (Lipinski definition) is 4. The SMILES string of the molecule is c1ccc(-c2cccc(-c3nc(-c4ccccc4)nc(-c4ccc(-n5c6ccccc6c6cc7c(cc65)c5ccccc5n7-c5ccccc5)c5oc6ccccc6c45)n3)c2)cc1. The van der Waals surface area contributed by atoms with Gasteiger partial charge in [-0.1, -0.05) is 152 Å². The molecule has 0 unspecified atom stereocenters. The lowest BCUT2D eigenvalue weighted by Gasteiger charge is -2.13. The first-order chi connectivity index (χ1) is 31.2. The zero-order valence-electron chi connectivity index (χ0n) is 33.9. The molecule has 0 aliphatic rings. The number of nitrogens with zero attached hydrogens (tertiary/aromatic N) is 5. The summed E-state index contributed by atoms with van der Waals surface area (Å²) in [4.78, 5) is 15.6. The van der Waals surface area contributed by atoms with Crippen LogP contribution in [0, 0.1) is 0 Å². The maximum absolute atomic E-state index is 6.99. The van der Waals surface area contributed by atoms with Gasteiger partial charge in [-0.3, -0.25) is 0 Å². The minimum Gasteiger partial charge on any atom is -0.454 e. The third-order valence-electron chi connectivity index (χ3n) is 12.4. The predicted octanol–water partition coefficient (Wildman–Crippen LogP) is 14.6. The van der Waals surface area contributed by atoms with E-state index in [0.29, 0.717) is 17.5 Å². The van der Waals surface area contributed by atoms with Crippen molar-refractivity contribution in [3.05, 3.63) is 212 Å². The van der Waals surface area contributed by atoms with Gasteiger partial charge in [0.15, 0.2) is 23.1 Å². The Morgan fingerprint density at radius 3 is 1.57 bits per heavy atom. The molecule has 294 valence electrons. The molecule has 13 rings (SSSR count). The van der Waals surface area contributed by atoms with Gasteiger partial charge in [-0.25, -0.2) is 15.0 Å². The summed E-state index contributed by atoms with van der Waals surface area (Å²) in [5, 5.41) is 6.66. The fourth-order valence-corrected chi connectivity index (χ4v) is 9.53. The molecule has 4 heterocycles. The topological polar surface area (TPSA) is 61.7 Å². The number of aromatic nitrogens is 5. The maximum Gasteiger partial charge on any atom is 0.164 e. The van der Waals surface area contributed by atoms with Crippen LogP contribution in [0.2, 0.25) is 0 Å². The van der Waals surface area contributed by atoms with E-state index in [1.807, 2.05) is 48.5 Å². The summed E-state index contributed by atoms with van der Waals surface area (Å²) in [5.41, 5.74) is 13.1. The largest absolute Gasteiger partial charge is 0.454 e. The third-order valence-corrected chi connectivity index (χ3v) is 12.4. The van der Waals surface area contributed by atoms with Gasteiger partial charge in [0.1, 0.15) is 5.58 Å². The smallest absolute Gasteiger partial charge is 0.164 e. The Morgan fingerprint density at radius 1 is 0.333 bits per heavy atom. The van der Waals surface area contributed by atoms with E-state index in [1.165, 1.54) is 27.1 Å². The van der Waals surface area contributed by atoms with E-state index in [4.69, 9.17) is 19.4 Å². The number of hydrogen-bond donors (Lipinski definition) is 0. The maximum atomic E-state index is 6.99. The van der Waals surface area contributed by atoms with Gasteiger partial charge >= 0.3 is 0 Å². The van der Waals surface area contributed by atoms with Crippen molar-refractivity contribution in [2.75, 3.05) is 0 Å². The quantitative estimate of drug-likeness (QED) is 0.168. The molecule has 0 saturated heterocycles. The Kier molecular flexibility index (Phi) is 7.80. The summed E-state index contributed by atoms with van der Waals surface area (Å²) in [7, 11) is 0. The van der Waals surface area contributed by atoms with Crippen LogP contribution in [0.5, 0.6) is 0 Å². The van der Waals surface area contributed by atoms with Crippen LogP contribution in [0.1, 0.15) is 0 Å². The lowest BCUT2D eigenvalue weighted by atomic mass is 10.0. The Balaban J connectivity index is 1.08. The summed E-state index contributed by atoms with van der Waals surface area (Å²) >= 11 is 0. The Hall–Kier alpha value is -8.61. The zero-order valence-corrected chi connectivity index (χ0v) is 33.9. The highest BCUT2D eigenvalue weighted by molar-refractivity contribution is 6.20. The fourth-order valence-electron chi connectivity index (χ4n) is 9.53. The average molecular weight is 806 g/mol. The Bertz CT molecular complexity index is 3900. The van der Waals surface area contributed by atoms with Crippen LogP contribution >= 0.6 is 0 Å². The number of fused-ring (bicyclic) bond motifs is 9. The lowest BCUT2D eigenvalue weighted by molar-refractivity contribution is 0.666. The van der Waals surface area contributed by atoms with Crippen LogP contribution in [0.25, 0.3) is 122 Å². The van der Waals surface area contributed by atoms with Crippen molar-refractivity contribution >= 4 is 65.6 Å². The fraction of sp³-hybridized carbons (Fsp3) is 0. The molecule has 0 saturated carbocycles. The van der Waals surface area contributed by atoms with Crippen LogP contribution in [-0.2, 0) is 0 Å². The van der Waals surface area contributed by atoms with Crippen molar-refractivity contribution in [1.29, 1.82) is 0 Å². The molecule has 0 atom stereocenters. The normalized spacial score (nSPS) is 11.8. The molecule has 0 spiro atoms. The molecule has 6 heteroatoms. The molecule has 4 aromatic heterocycles. The zero-order chi connectivity index (χ0) is 41.4. The molecular weight excluding hydrogens is 771 g/mol. The lowest BCUT2D eigenvalue weighted by Crippen LogP contribution is -2.01. The summed E-state index contributed by atoms with van der Waals surface area (Å²) < 4.78 is 11.7. The van der Waals surface area contributed by atoms with E-state index in [1.54, 1.807) is 0 Å². The highest BCUT2D eigenvalue weighted by Gasteiger charge is 2.24. The first-order valence-electron chi connectivity index (χ1n) is 21.2. The van der Waals surface area contributed by atoms with Crippen molar-refractivity contribution in [1.82, 2.24) is 24.1 Å². The van der Waals surface area contributed by atoms with Crippen molar-refractivity contribution in [3.63, 3.8) is 0 Å². The number of furan rings is 1. The van der Waals surface area contributed by atoms with Gasteiger partial charge in [-0.2, -0.15) is 0 Å². The first kappa shape index (κ1) is 35.2. The van der Waals surface area contributed by atoms with Gasteiger partial charge in [0.25, 0.3) is 0 Å². The second kappa shape index (κ2) is 14.0. The summed E-state index contributed by atoms with van der Waals surface area (Å²) in [6.07, 6.45) is 0. The van der Waals surface area contributed by atoms with Gasteiger partial charge < -0.3 is 13.6 Å². The van der Waals surface area contributed by atoms with E-state index in [2.05, 4.69) is 173 Å². The van der Waals surface area contributed by atoms with Crippen molar-refractivity contribution in [3.8, 4) is 56.7 Å². The van der Waals surface area contributed by atoms with Gasteiger partial charge in [-0.05, 0) is 71.8 Å². The molecule has 0 N–H and O–H groups in total.